The Kier molecular flexibility index (Phi) is 4.00. The van der Waals surface area contributed by atoms with Crippen LogP contribution in [-0.2, 0) is 6.42 Å². The van der Waals surface area contributed by atoms with E-state index < -0.39 is 0 Å². The molecule has 0 aliphatic carbocycles. The molecule has 4 heteroatoms. The Morgan fingerprint density at radius 3 is 2.52 bits per heavy atom. The maximum Gasteiger partial charge on any atom is 0.336 e. The number of hydrogen-bond donors (Lipinski definition) is 0. The van der Waals surface area contributed by atoms with Crippen molar-refractivity contribution in [2.45, 2.75) is 26.7 Å². The molecule has 0 saturated carbocycles. The van der Waals surface area contributed by atoms with Crippen LogP contribution < -0.4 is 5.63 Å². The lowest BCUT2D eigenvalue weighted by Gasteiger charge is -2.08. The van der Waals surface area contributed by atoms with E-state index in [9.17, 15) is 4.79 Å². The number of furan rings is 1. The van der Waals surface area contributed by atoms with Gasteiger partial charge in [-0.1, -0.05) is 41.4 Å². The number of halogens is 1. The van der Waals surface area contributed by atoms with Gasteiger partial charge < -0.3 is 8.83 Å². The minimum atomic E-state index is -0.307. The Bertz CT molecular complexity index is 1130. The Hall–Kier alpha value is -2.33. The second-order valence-electron chi connectivity index (χ2n) is 6.25. The second-order valence-corrected chi connectivity index (χ2v) is 7.17. The summed E-state index contributed by atoms with van der Waals surface area (Å²) in [7, 11) is 0. The highest BCUT2D eigenvalue weighted by Crippen LogP contribution is 2.37. The summed E-state index contributed by atoms with van der Waals surface area (Å²) in [6.45, 7) is 4.05. The van der Waals surface area contributed by atoms with Gasteiger partial charge in [-0.15, -0.1) is 0 Å². The summed E-state index contributed by atoms with van der Waals surface area (Å²) < 4.78 is 12.4. The first-order valence-corrected chi connectivity index (χ1v) is 9.11. The van der Waals surface area contributed by atoms with Crippen LogP contribution in [0, 0.1) is 6.92 Å². The van der Waals surface area contributed by atoms with Crippen LogP contribution in [0.15, 0.2) is 60.8 Å². The highest BCUT2D eigenvalue weighted by atomic mass is 79.9. The minimum Gasteiger partial charge on any atom is -0.463 e. The fourth-order valence-corrected chi connectivity index (χ4v) is 3.63. The van der Waals surface area contributed by atoms with E-state index in [-0.39, 0.29) is 5.63 Å². The number of aryl methyl sites for hydroxylation is 2. The lowest BCUT2D eigenvalue weighted by molar-refractivity contribution is 0.554. The van der Waals surface area contributed by atoms with Gasteiger partial charge in [-0.25, -0.2) is 4.79 Å². The lowest BCUT2D eigenvalue weighted by atomic mass is 9.98. The van der Waals surface area contributed by atoms with Crippen LogP contribution in [0.3, 0.4) is 0 Å². The summed E-state index contributed by atoms with van der Waals surface area (Å²) in [6.07, 6.45) is 3.59. The van der Waals surface area contributed by atoms with Gasteiger partial charge in [0, 0.05) is 32.4 Å². The molecule has 2 aromatic heterocycles. The van der Waals surface area contributed by atoms with Gasteiger partial charge in [-0.2, -0.15) is 0 Å². The topological polar surface area (TPSA) is 43.4 Å². The summed E-state index contributed by atoms with van der Waals surface area (Å²) in [5.41, 5.74) is 5.12. The fourth-order valence-electron chi connectivity index (χ4n) is 3.37. The molecule has 0 atom stereocenters. The summed E-state index contributed by atoms with van der Waals surface area (Å²) in [4.78, 5) is 11.9. The molecule has 0 unspecified atom stereocenters. The zero-order valence-corrected chi connectivity index (χ0v) is 15.6. The van der Waals surface area contributed by atoms with Crippen LogP contribution in [-0.4, -0.2) is 0 Å². The molecular weight excluding hydrogens is 380 g/mol. The van der Waals surface area contributed by atoms with E-state index in [0.717, 1.165) is 55.9 Å². The first-order chi connectivity index (χ1) is 12.1. The van der Waals surface area contributed by atoms with E-state index in [2.05, 4.69) is 41.1 Å². The molecule has 2 aromatic carbocycles. The van der Waals surface area contributed by atoms with E-state index in [1.807, 2.05) is 19.1 Å². The summed E-state index contributed by atoms with van der Waals surface area (Å²) in [5.74, 6) is 0. The van der Waals surface area contributed by atoms with E-state index in [0.29, 0.717) is 5.58 Å². The maximum absolute atomic E-state index is 11.9. The smallest absolute Gasteiger partial charge is 0.336 e. The molecule has 4 aromatic rings. The van der Waals surface area contributed by atoms with E-state index in [1.54, 1.807) is 12.3 Å². The summed E-state index contributed by atoms with van der Waals surface area (Å²) >= 11 is 3.47. The predicted octanol–water partition coefficient (Wildman–Crippen LogP) is 6.23. The number of rotatable bonds is 3. The molecule has 0 amide bonds. The average Bonchev–Trinajstić information content (AvgIpc) is 3.01. The van der Waals surface area contributed by atoms with Crippen molar-refractivity contribution in [2.75, 3.05) is 0 Å². The third kappa shape index (κ3) is 2.71. The van der Waals surface area contributed by atoms with Crippen molar-refractivity contribution in [2.24, 2.45) is 0 Å². The molecule has 0 aliphatic rings. The molecule has 126 valence electrons. The Balaban J connectivity index is 2.06. The van der Waals surface area contributed by atoms with Crippen LogP contribution in [0.5, 0.6) is 0 Å². The molecule has 4 rings (SSSR count). The van der Waals surface area contributed by atoms with Crippen molar-refractivity contribution < 1.29 is 8.83 Å². The first-order valence-electron chi connectivity index (χ1n) is 8.32. The van der Waals surface area contributed by atoms with Crippen molar-refractivity contribution >= 4 is 37.9 Å². The van der Waals surface area contributed by atoms with E-state index >= 15 is 0 Å². The second kappa shape index (κ2) is 6.19. The molecule has 0 radical (unpaired) electrons. The average molecular weight is 397 g/mol. The number of fused-ring (bicyclic) bond motifs is 2. The summed E-state index contributed by atoms with van der Waals surface area (Å²) in [5, 5.41) is 2.03. The molecule has 25 heavy (non-hydrogen) atoms. The maximum atomic E-state index is 11.9. The number of hydrogen-bond acceptors (Lipinski definition) is 3. The molecule has 0 bridgehead atoms. The summed E-state index contributed by atoms with van der Waals surface area (Å²) in [6, 6.07) is 11.9. The van der Waals surface area contributed by atoms with Crippen LogP contribution in [0.2, 0.25) is 0 Å². The molecule has 0 saturated heterocycles. The van der Waals surface area contributed by atoms with Crippen LogP contribution >= 0.6 is 15.9 Å². The van der Waals surface area contributed by atoms with Crippen molar-refractivity contribution in [3.63, 3.8) is 0 Å². The van der Waals surface area contributed by atoms with Crippen molar-refractivity contribution in [1.29, 1.82) is 0 Å². The van der Waals surface area contributed by atoms with Gasteiger partial charge in [-0.05, 0) is 42.7 Å². The van der Waals surface area contributed by atoms with Crippen molar-refractivity contribution in [1.82, 2.24) is 0 Å². The SMILES string of the molecule is CCCc1cc(=O)oc2c(C)c3occ(-c4ccc(Br)cc4)c3cc12. The Morgan fingerprint density at radius 1 is 1.04 bits per heavy atom. The predicted molar refractivity (Wildman–Crippen MR) is 104 cm³/mol. The number of benzene rings is 2. The molecule has 0 fully saturated rings. The zero-order valence-electron chi connectivity index (χ0n) is 14.1. The Morgan fingerprint density at radius 2 is 1.80 bits per heavy atom. The molecule has 0 spiro atoms. The molecule has 3 nitrogen and oxygen atoms in total. The van der Waals surface area contributed by atoms with Crippen molar-refractivity contribution in [3.05, 3.63) is 68.7 Å². The van der Waals surface area contributed by atoms with Crippen LogP contribution in [0.25, 0.3) is 33.1 Å². The zero-order chi connectivity index (χ0) is 17.6. The van der Waals surface area contributed by atoms with Gasteiger partial charge in [-0.3, -0.25) is 0 Å². The van der Waals surface area contributed by atoms with Gasteiger partial charge in [0.25, 0.3) is 0 Å². The van der Waals surface area contributed by atoms with Crippen molar-refractivity contribution in [3.8, 4) is 11.1 Å². The normalized spacial score (nSPS) is 11.5. The highest BCUT2D eigenvalue weighted by Gasteiger charge is 2.16. The standard InChI is InChI=1S/C21H17BrO3/c1-3-4-14-9-19(23)25-21-12(2)20-17(10-16(14)21)18(11-24-20)13-5-7-15(22)8-6-13/h5-11H,3-4H2,1-2H3. The van der Waals surface area contributed by atoms with Gasteiger partial charge in [0.2, 0.25) is 0 Å². The van der Waals surface area contributed by atoms with E-state index in [4.69, 9.17) is 8.83 Å². The molecule has 0 aliphatic heterocycles. The highest BCUT2D eigenvalue weighted by molar-refractivity contribution is 9.10. The van der Waals surface area contributed by atoms with Gasteiger partial charge in [0.1, 0.15) is 11.2 Å². The largest absolute Gasteiger partial charge is 0.463 e. The molecule has 2 heterocycles. The monoisotopic (exact) mass is 396 g/mol. The van der Waals surface area contributed by atoms with Gasteiger partial charge in [0.15, 0.2) is 0 Å². The fraction of sp³-hybridized carbons (Fsp3) is 0.190. The third-order valence-electron chi connectivity index (χ3n) is 4.56. The first kappa shape index (κ1) is 16.2. The van der Waals surface area contributed by atoms with Gasteiger partial charge in [0.05, 0.1) is 6.26 Å². The van der Waals surface area contributed by atoms with Gasteiger partial charge >= 0.3 is 5.63 Å². The lowest BCUT2D eigenvalue weighted by Crippen LogP contribution is -2.01. The molecular formula is C21H17BrO3. The quantitative estimate of drug-likeness (QED) is 0.385. The van der Waals surface area contributed by atoms with E-state index in [1.165, 1.54) is 0 Å². The van der Waals surface area contributed by atoms with Crippen LogP contribution in [0.1, 0.15) is 24.5 Å². The Labute approximate surface area is 153 Å². The minimum absolute atomic E-state index is 0.307. The molecule has 0 N–H and O–H groups in total. The van der Waals surface area contributed by atoms with Crippen LogP contribution in [0.4, 0.5) is 0 Å². The third-order valence-corrected chi connectivity index (χ3v) is 5.09.